The lowest BCUT2D eigenvalue weighted by Crippen LogP contribution is -2.27. The molecule has 0 atom stereocenters. The first-order chi connectivity index (χ1) is 5.74. The van der Waals surface area contributed by atoms with Crippen LogP contribution in [-0.4, -0.2) is 5.91 Å². The lowest BCUT2D eigenvalue weighted by atomic mass is 10.1. The first kappa shape index (κ1) is 9.04. The van der Waals surface area contributed by atoms with E-state index in [0.29, 0.717) is 5.70 Å². The van der Waals surface area contributed by atoms with E-state index in [0.717, 1.165) is 12.8 Å². The molecule has 1 fully saturated rings. The standard InChI is InChI=1S/C10H15NO/c1-3-8(2)11-10(12)9-6-4-5-7-9/h3,9H,1-2,4-7H2,(H,11,12). The molecule has 12 heavy (non-hydrogen) atoms. The summed E-state index contributed by atoms with van der Waals surface area (Å²) < 4.78 is 0. The number of amides is 1. The van der Waals surface area contributed by atoms with Gasteiger partial charge in [0.25, 0.3) is 0 Å². The second-order valence-corrected chi connectivity index (χ2v) is 3.20. The third-order valence-electron chi connectivity index (χ3n) is 2.26. The van der Waals surface area contributed by atoms with Gasteiger partial charge in [0.1, 0.15) is 0 Å². The molecule has 1 saturated carbocycles. The van der Waals surface area contributed by atoms with E-state index in [-0.39, 0.29) is 11.8 Å². The second kappa shape index (κ2) is 4.10. The number of hydrogen-bond acceptors (Lipinski definition) is 1. The van der Waals surface area contributed by atoms with Crippen LogP contribution in [0.1, 0.15) is 25.7 Å². The third kappa shape index (κ3) is 2.22. The van der Waals surface area contributed by atoms with Crippen LogP contribution < -0.4 is 5.32 Å². The van der Waals surface area contributed by atoms with Gasteiger partial charge in [0, 0.05) is 11.6 Å². The lowest BCUT2D eigenvalue weighted by Gasteiger charge is -2.09. The van der Waals surface area contributed by atoms with Crippen molar-refractivity contribution in [3.8, 4) is 0 Å². The summed E-state index contributed by atoms with van der Waals surface area (Å²) in [7, 11) is 0. The normalized spacial score (nSPS) is 17.3. The maximum Gasteiger partial charge on any atom is 0.227 e. The Morgan fingerprint density at radius 3 is 2.50 bits per heavy atom. The number of allylic oxidation sites excluding steroid dienone is 1. The second-order valence-electron chi connectivity index (χ2n) is 3.20. The monoisotopic (exact) mass is 165 g/mol. The zero-order valence-electron chi connectivity index (χ0n) is 7.31. The zero-order chi connectivity index (χ0) is 8.97. The molecule has 0 heterocycles. The molecule has 66 valence electrons. The van der Waals surface area contributed by atoms with Gasteiger partial charge in [0.05, 0.1) is 0 Å². The maximum atomic E-state index is 11.4. The average Bonchev–Trinajstić information content (AvgIpc) is 2.56. The molecule has 1 rings (SSSR count). The molecular weight excluding hydrogens is 150 g/mol. The zero-order valence-corrected chi connectivity index (χ0v) is 7.31. The molecule has 0 aromatic rings. The molecule has 0 aliphatic heterocycles. The van der Waals surface area contributed by atoms with E-state index in [1.807, 2.05) is 0 Å². The predicted molar refractivity (Wildman–Crippen MR) is 49.4 cm³/mol. The fraction of sp³-hybridized carbons (Fsp3) is 0.500. The maximum absolute atomic E-state index is 11.4. The molecule has 1 aliphatic rings. The van der Waals surface area contributed by atoms with E-state index < -0.39 is 0 Å². The minimum Gasteiger partial charge on any atom is -0.326 e. The van der Waals surface area contributed by atoms with Gasteiger partial charge in [-0.05, 0) is 18.9 Å². The molecule has 0 unspecified atom stereocenters. The molecule has 0 radical (unpaired) electrons. The summed E-state index contributed by atoms with van der Waals surface area (Å²) in [6.07, 6.45) is 5.97. The van der Waals surface area contributed by atoms with Crippen molar-refractivity contribution in [1.29, 1.82) is 0 Å². The minimum atomic E-state index is 0.109. The van der Waals surface area contributed by atoms with E-state index in [1.54, 1.807) is 6.08 Å². The van der Waals surface area contributed by atoms with Crippen molar-refractivity contribution in [2.45, 2.75) is 25.7 Å². The van der Waals surface area contributed by atoms with Gasteiger partial charge in [-0.2, -0.15) is 0 Å². The van der Waals surface area contributed by atoms with Crippen LogP contribution in [-0.2, 0) is 4.79 Å². The van der Waals surface area contributed by atoms with Crippen LogP contribution in [0.15, 0.2) is 24.9 Å². The molecule has 0 spiro atoms. The fourth-order valence-corrected chi connectivity index (χ4v) is 1.50. The van der Waals surface area contributed by atoms with Crippen LogP contribution in [0.2, 0.25) is 0 Å². The van der Waals surface area contributed by atoms with Crippen molar-refractivity contribution >= 4 is 5.91 Å². The first-order valence-corrected chi connectivity index (χ1v) is 4.36. The van der Waals surface area contributed by atoms with Crippen LogP contribution in [0, 0.1) is 5.92 Å². The molecule has 2 heteroatoms. The van der Waals surface area contributed by atoms with Crippen molar-refractivity contribution in [3.05, 3.63) is 24.9 Å². The first-order valence-electron chi connectivity index (χ1n) is 4.36. The van der Waals surface area contributed by atoms with Gasteiger partial charge in [0.15, 0.2) is 0 Å². The van der Waals surface area contributed by atoms with Crippen molar-refractivity contribution in [1.82, 2.24) is 5.32 Å². The Morgan fingerprint density at radius 2 is 2.00 bits per heavy atom. The highest BCUT2D eigenvalue weighted by molar-refractivity contribution is 5.80. The van der Waals surface area contributed by atoms with Gasteiger partial charge in [-0.3, -0.25) is 4.79 Å². The largest absolute Gasteiger partial charge is 0.326 e. The number of hydrogen-bond donors (Lipinski definition) is 1. The Bertz CT molecular complexity index is 202. The molecular formula is C10H15NO. The SMILES string of the molecule is C=CC(=C)NC(=O)C1CCCC1. The molecule has 0 saturated heterocycles. The molecule has 0 aromatic heterocycles. The van der Waals surface area contributed by atoms with Gasteiger partial charge >= 0.3 is 0 Å². The Balaban J connectivity index is 2.36. The molecule has 1 N–H and O–H groups in total. The van der Waals surface area contributed by atoms with Crippen LogP contribution in [0.4, 0.5) is 0 Å². The van der Waals surface area contributed by atoms with Crippen molar-refractivity contribution in [3.63, 3.8) is 0 Å². The summed E-state index contributed by atoms with van der Waals surface area (Å²) in [4.78, 5) is 11.4. The molecule has 1 amide bonds. The smallest absolute Gasteiger partial charge is 0.227 e. The summed E-state index contributed by atoms with van der Waals surface area (Å²) >= 11 is 0. The van der Waals surface area contributed by atoms with Crippen molar-refractivity contribution in [2.24, 2.45) is 5.92 Å². The Hall–Kier alpha value is -1.05. The number of carbonyl (C=O) groups is 1. The Labute approximate surface area is 73.4 Å². The summed E-state index contributed by atoms with van der Waals surface area (Å²) in [6.45, 7) is 7.16. The van der Waals surface area contributed by atoms with Gasteiger partial charge < -0.3 is 5.32 Å². The van der Waals surface area contributed by atoms with E-state index in [9.17, 15) is 4.79 Å². The summed E-state index contributed by atoms with van der Waals surface area (Å²) in [5.41, 5.74) is 0.604. The van der Waals surface area contributed by atoms with E-state index in [1.165, 1.54) is 12.8 Å². The van der Waals surface area contributed by atoms with Gasteiger partial charge in [-0.1, -0.05) is 26.0 Å². The highest BCUT2D eigenvalue weighted by atomic mass is 16.1. The number of carbonyl (C=O) groups excluding carboxylic acids is 1. The van der Waals surface area contributed by atoms with Crippen LogP contribution >= 0.6 is 0 Å². The predicted octanol–water partition coefficient (Wildman–Crippen LogP) is 1.99. The highest BCUT2D eigenvalue weighted by Gasteiger charge is 2.22. The van der Waals surface area contributed by atoms with Crippen LogP contribution in [0.5, 0.6) is 0 Å². The number of nitrogens with one attached hydrogen (secondary N) is 1. The fourth-order valence-electron chi connectivity index (χ4n) is 1.50. The van der Waals surface area contributed by atoms with Crippen molar-refractivity contribution in [2.75, 3.05) is 0 Å². The number of rotatable bonds is 3. The Kier molecular flexibility index (Phi) is 3.09. The Morgan fingerprint density at radius 1 is 1.42 bits per heavy atom. The quantitative estimate of drug-likeness (QED) is 0.637. The van der Waals surface area contributed by atoms with E-state index >= 15 is 0 Å². The minimum absolute atomic E-state index is 0.109. The van der Waals surface area contributed by atoms with Crippen LogP contribution in [0.25, 0.3) is 0 Å². The summed E-state index contributed by atoms with van der Waals surface area (Å²) in [5.74, 6) is 0.319. The van der Waals surface area contributed by atoms with E-state index in [2.05, 4.69) is 18.5 Å². The lowest BCUT2D eigenvalue weighted by molar-refractivity contribution is -0.123. The molecule has 0 aromatic carbocycles. The molecule has 2 nitrogen and oxygen atoms in total. The van der Waals surface area contributed by atoms with Crippen LogP contribution in [0.3, 0.4) is 0 Å². The molecule has 0 bridgehead atoms. The topological polar surface area (TPSA) is 29.1 Å². The van der Waals surface area contributed by atoms with Crippen molar-refractivity contribution < 1.29 is 4.79 Å². The van der Waals surface area contributed by atoms with Gasteiger partial charge in [-0.25, -0.2) is 0 Å². The van der Waals surface area contributed by atoms with E-state index in [4.69, 9.17) is 0 Å². The molecule has 1 aliphatic carbocycles. The van der Waals surface area contributed by atoms with Gasteiger partial charge in [-0.15, -0.1) is 0 Å². The van der Waals surface area contributed by atoms with Gasteiger partial charge in [0.2, 0.25) is 5.91 Å². The summed E-state index contributed by atoms with van der Waals surface area (Å²) in [6, 6.07) is 0. The average molecular weight is 165 g/mol. The highest BCUT2D eigenvalue weighted by Crippen LogP contribution is 2.24. The third-order valence-corrected chi connectivity index (χ3v) is 2.26. The summed E-state index contributed by atoms with van der Waals surface area (Å²) in [5, 5.41) is 2.72.